The Morgan fingerprint density at radius 2 is 2.11 bits per heavy atom. The van der Waals surface area contributed by atoms with Crippen LogP contribution in [0.25, 0.3) is 0 Å². The zero-order valence-corrected chi connectivity index (χ0v) is 13.6. The molecule has 6 heteroatoms. The van der Waals surface area contributed by atoms with E-state index >= 15 is 0 Å². The first-order valence-electron chi connectivity index (χ1n) is 6.08. The zero-order chi connectivity index (χ0) is 14.0. The number of carbonyl (C=O) groups is 2. The summed E-state index contributed by atoms with van der Waals surface area (Å²) in [5.41, 5.74) is 0.726. The van der Waals surface area contributed by atoms with Gasteiger partial charge in [-0.2, -0.15) is 0 Å². The fraction of sp³-hybridized carbons (Fsp3) is 0.385. The zero-order valence-electron chi connectivity index (χ0n) is 10.5. The normalized spacial score (nSPS) is 19.5. The number of carbonyl (C=O) groups excluding carboxylic acids is 2. The van der Waals surface area contributed by atoms with Gasteiger partial charge in [0.05, 0.1) is 5.69 Å². The number of halogens is 2. The molecule has 1 aromatic rings. The van der Waals surface area contributed by atoms with Crippen molar-refractivity contribution in [2.45, 2.75) is 25.8 Å². The van der Waals surface area contributed by atoms with Gasteiger partial charge in [0.1, 0.15) is 12.6 Å². The van der Waals surface area contributed by atoms with Gasteiger partial charge < -0.3 is 10.2 Å². The van der Waals surface area contributed by atoms with E-state index in [0.717, 1.165) is 21.1 Å². The molecule has 4 nitrogen and oxygen atoms in total. The van der Waals surface area contributed by atoms with Crippen LogP contribution in [0.5, 0.6) is 0 Å². The molecule has 0 spiro atoms. The maximum Gasteiger partial charge on any atom is 0.250 e. The number of amides is 2. The van der Waals surface area contributed by atoms with Gasteiger partial charge in [-0.3, -0.25) is 9.59 Å². The number of hydrogen-bond donors (Lipinski definition) is 1. The van der Waals surface area contributed by atoms with Gasteiger partial charge in [0, 0.05) is 8.95 Å². The minimum Gasteiger partial charge on any atom is -0.343 e. The lowest BCUT2D eigenvalue weighted by molar-refractivity contribution is -0.131. The summed E-state index contributed by atoms with van der Waals surface area (Å²) in [5, 5.41) is 2.74. The molecule has 102 valence electrons. The maximum absolute atomic E-state index is 12.4. The fourth-order valence-electron chi connectivity index (χ4n) is 2.10. The molecule has 1 fully saturated rings. The van der Waals surface area contributed by atoms with E-state index in [0.29, 0.717) is 6.42 Å². The molecule has 1 N–H and O–H groups in total. The first-order chi connectivity index (χ1) is 9.02. The van der Waals surface area contributed by atoms with Crippen LogP contribution in [0.2, 0.25) is 0 Å². The third-order valence-electron chi connectivity index (χ3n) is 2.98. The Balaban J connectivity index is 2.31. The molecule has 0 bridgehead atoms. The molecule has 1 atom stereocenters. The van der Waals surface area contributed by atoms with E-state index in [9.17, 15) is 9.59 Å². The minimum atomic E-state index is -0.415. The van der Waals surface area contributed by atoms with Crippen molar-refractivity contribution in [1.82, 2.24) is 5.32 Å². The third-order valence-corrected chi connectivity index (χ3v) is 4.11. The van der Waals surface area contributed by atoms with E-state index in [1.54, 1.807) is 0 Å². The van der Waals surface area contributed by atoms with Crippen molar-refractivity contribution in [3.05, 3.63) is 27.1 Å². The SMILES string of the molecule is CCCC1NC(=O)CN(c2ccc(Br)cc2Br)C1=O. The van der Waals surface area contributed by atoms with E-state index < -0.39 is 6.04 Å². The van der Waals surface area contributed by atoms with Crippen LogP contribution in [0.3, 0.4) is 0 Å². The minimum absolute atomic E-state index is 0.0514. The lowest BCUT2D eigenvalue weighted by Gasteiger charge is -2.33. The lowest BCUT2D eigenvalue weighted by atomic mass is 10.1. The topological polar surface area (TPSA) is 49.4 Å². The smallest absolute Gasteiger partial charge is 0.250 e. The van der Waals surface area contributed by atoms with Crippen LogP contribution >= 0.6 is 31.9 Å². The number of nitrogens with zero attached hydrogens (tertiary/aromatic N) is 1. The molecule has 0 aromatic heterocycles. The Labute approximate surface area is 128 Å². The number of rotatable bonds is 3. The molecule has 19 heavy (non-hydrogen) atoms. The first-order valence-corrected chi connectivity index (χ1v) is 7.67. The maximum atomic E-state index is 12.4. The highest BCUT2D eigenvalue weighted by Gasteiger charge is 2.33. The predicted molar refractivity (Wildman–Crippen MR) is 81.0 cm³/mol. The van der Waals surface area contributed by atoms with E-state index in [-0.39, 0.29) is 18.4 Å². The van der Waals surface area contributed by atoms with Crippen molar-refractivity contribution in [3.63, 3.8) is 0 Å². The molecule has 1 heterocycles. The van der Waals surface area contributed by atoms with Crippen molar-refractivity contribution in [2.24, 2.45) is 0 Å². The molecule has 2 amide bonds. The van der Waals surface area contributed by atoms with Gasteiger partial charge in [0.2, 0.25) is 11.8 Å². The van der Waals surface area contributed by atoms with Gasteiger partial charge >= 0.3 is 0 Å². The van der Waals surface area contributed by atoms with Gasteiger partial charge in [-0.1, -0.05) is 29.3 Å². The molecule has 1 aliphatic heterocycles. The van der Waals surface area contributed by atoms with Crippen molar-refractivity contribution in [3.8, 4) is 0 Å². The molecule has 1 unspecified atom stereocenters. The Hall–Kier alpha value is -0.880. The van der Waals surface area contributed by atoms with Crippen LogP contribution in [0.4, 0.5) is 5.69 Å². The van der Waals surface area contributed by atoms with Crippen LogP contribution in [0.1, 0.15) is 19.8 Å². The lowest BCUT2D eigenvalue weighted by Crippen LogP contribution is -2.58. The summed E-state index contributed by atoms with van der Waals surface area (Å²) in [6.45, 7) is 2.06. The standard InChI is InChI=1S/C13H14Br2N2O2/c1-2-3-10-13(19)17(7-12(18)16-10)11-5-4-8(14)6-9(11)15/h4-6,10H,2-3,7H2,1H3,(H,16,18). The summed E-state index contributed by atoms with van der Waals surface area (Å²) in [7, 11) is 0. The average Bonchev–Trinajstić information content (AvgIpc) is 2.34. The van der Waals surface area contributed by atoms with Crippen LogP contribution in [-0.2, 0) is 9.59 Å². The first kappa shape index (κ1) is 14.5. The number of hydrogen-bond acceptors (Lipinski definition) is 2. The second-order valence-electron chi connectivity index (χ2n) is 4.43. The van der Waals surface area contributed by atoms with E-state index in [1.165, 1.54) is 4.90 Å². The third kappa shape index (κ3) is 3.17. The number of anilines is 1. The van der Waals surface area contributed by atoms with Gasteiger partial charge in [-0.25, -0.2) is 0 Å². The van der Waals surface area contributed by atoms with Crippen molar-refractivity contribution in [2.75, 3.05) is 11.4 Å². The molecule has 1 aromatic carbocycles. The Morgan fingerprint density at radius 3 is 2.74 bits per heavy atom. The summed E-state index contributed by atoms with van der Waals surface area (Å²) >= 11 is 6.80. The van der Waals surface area contributed by atoms with E-state index in [1.807, 2.05) is 25.1 Å². The highest BCUT2D eigenvalue weighted by molar-refractivity contribution is 9.11. The fourth-order valence-corrected chi connectivity index (χ4v) is 3.36. The van der Waals surface area contributed by atoms with Gasteiger partial charge in [-0.15, -0.1) is 0 Å². The summed E-state index contributed by atoms with van der Waals surface area (Å²) in [6, 6.07) is 5.13. The highest BCUT2D eigenvalue weighted by atomic mass is 79.9. The average molecular weight is 390 g/mol. The molecule has 1 aliphatic rings. The van der Waals surface area contributed by atoms with Crippen LogP contribution < -0.4 is 10.2 Å². The second-order valence-corrected chi connectivity index (χ2v) is 6.20. The van der Waals surface area contributed by atoms with Gasteiger partial charge in [0.25, 0.3) is 0 Å². The van der Waals surface area contributed by atoms with E-state index in [2.05, 4.69) is 37.2 Å². The van der Waals surface area contributed by atoms with Crippen LogP contribution in [-0.4, -0.2) is 24.4 Å². The largest absolute Gasteiger partial charge is 0.343 e. The summed E-state index contributed by atoms with van der Waals surface area (Å²) in [6.07, 6.45) is 1.52. The second kappa shape index (κ2) is 6.05. The summed E-state index contributed by atoms with van der Waals surface area (Å²) in [4.78, 5) is 25.6. The van der Waals surface area contributed by atoms with E-state index in [4.69, 9.17) is 0 Å². The molecule has 0 aliphatic carbocycles. The van der Waals surface area contributed by atoms with Gasteiger partial charge in [-0.05, 0) is 40.5 Å². The van der Waals surface area contributed by atoms with Crippen molar-refractivity contribution in [1.29, 1.82) is 0 Å². The van der Waals surface area contributed by atoms with Gasteiger partial charge in [0.15, 0.2) is 0 Å². The Kier molecular flexibility index (Phi) is 4.62. The van der Waals surface area contributed by atoms with Crippen molar-refractivity contribution < 1.29 is 9.59 Å². The molecule has 1 saturated heterocycles. The van der Waals surface area contributed by atoms with Crippen LogP contribution in [0.15, 0.2) is 27.1 Å². The molecule has 0 saturated carbocycles. The summed E-state index contributed by atoms with van der Waals surface area (Å²) in [5.74, 6) is -0.169. The van der Waals surface area contributed by atoms with Crippen LogP contribution in [0, 0.1) is 0 Å². The molecular formula is C13H14Br2N2O2. The number of benzene rings is 1. The van der Waals surface area contributed by atoms with Crippen molar-refractivity contribution >= 4 is 49.4 Å². The quantitative estimate of drug-likeness (QED) is 0.863. The monoisotopic (exact) mass is 388 g/mol. The molecule has 2 rings (SSSR count). The Morgan fingerprint density at radius 1 is 1.37 bits per heavy atom. The predicted octanol–water partition coefficient (Wildman–Crippen LogP) is 2.84. The Bertz CT molecular complexity index is 519. The number of piperazine rings is 1. The molecule has 0 radical (unpaired) electrons. The molecular weight excluding hydrogens is 376 g/mol. The number of nitrogens with one attached hydrogen (secondary N) is 1. The highest BCUT2D eigenvalue weighted by Crippen LogP contribution is 2.30. The summed E-state index contributed by atoms with van der Waals surface area (Å²) < 4.78 is 1.71.